The molecular weight excluding hydrogens is 222 g/mol. The number of esters is 1. The topological polar surface area (TPSA) is 69.4 Å². The molecule has 1 aromatic rings. The van der Waals surface area contributed by atoms with Gasteiger partial charge in [-0.25, -0.2) is 0 Å². The Morgan fingerprint density at radius 3 is 2.67 bits per heavy atom. The van der Waals surface area contributed by atoms with E-state index < -0.39 is 16.4 Å². The molecule has 15 heavy (non-hydrogen) atoms. The molecule has 0 bridgehead atoms. The summed E-state index contributed by atoms with van der Waals surface area (Å²) in [6, 6.07) is 6.08. The van der Waals surface area contributed by atoms with Crippen LogP contribution in [0.5, 0.6) is 5.75 Å². The molecule has 0 aliphatic carbocycles. The van der Waals surface area contributed by atoms with Crippen molar-refractivity contribution in [2.75, 3.05) is 0 Å². The Labute approximate surface area is 90.8 Å². The van der Waals surface area contributed by atoms with Crippen LogP contribution in [0.15, 0.2) is 24.3 Å². The second-order valence-electron chi connectivity index (χ2n) is 2.75. The molecule has 0 saturated heterocycles. The van der Waals surface area contributed by atoms with Crippen molar-refractivity contribution >= 4 is 17.6 Å². The van der Waals surface area contributed by atoms with Crippen molar-refractivity contribution < 1.29 is 14.5 Å². The maximum absolute atomic E-state index is 10.7. The summed E-state index contributed by atoms with van der Waals surface area (Å²) in [6.07, 6.45) is 0. The number of para-hydroxylation sites is 1. The monoisotopic (exact) mass is 229 g/mol. The van der Waals surface area contributed by atoms with Gasteiger partial charge in [0.2, 0.25) is 0 Å². The van der Waals surface area contributed by atoms with Gasteiger partial charge in [-0.05, 0) is 23.7 Å². The number of halogens is 1. The average Bonchev–Trinajstić information content (AvgIpc) is 2.16. The fourth-order valence-electron chi connectivity index (χ4n) is 1.04. The minimum atomic E-state index is -1.42. The molecule has 6 heteroatoms. The third kappa shape index (κ3) is 2.92. The van der Waals surface area contributed by atoms with Crippen molar-refractivity contribution in [3.05, 3.63) is 39.9 Å². The molecule has 0 amide bonds. The minimum absolute atomic E-state index is 0.113. The highest BCUT2D eigenvalue weighted by Gasteiger charge is 2.23. The third-order valence-electron chi connectivity index (χ3n) is 1.61. The lowest BCUT2D eigenvalue weighted by atomic mass is 10.2. The Hall–Kier alpha value is -1.62. The van der Waals surface area contributed by atoms with Crippen LogP contribution in [-0.4, -0.2) is 10.9 Å². The van der Waals surface area contributed by atoms with Crippen molar-refractivity contribution in [2.45, 2.75) is 12.4 Å². The number of ether oxygens (including phenoxy) is 1. The van der Waals surface area contributed by atoms with Crippen molar-refractivity contribution in [1.29, 1.82) is 0 Å². The molecule has 0 heterocycles. The number of alkyl halides is 1. The van der Waals surface area contributed by atoms with Gasteiger partial charge in [-0.1, -0.05) is 12.1 Å². The van der Waals surface area contributed by atoms with E-state index in [1.54, 1.807) is 12.1 Å². The number of hydrogen-bond acceptors (Lipinski definition) is 4. The molecule has 0 saturated carbocycles. The summed E-state index contributed by atoms with van der Waals surface area (Å²) in [5, 5.41) is 10.5. The summed E-state index contributed by atoms with van der Waals surface area (Å²) < 4.78 is 4.79. The number of benzene rings is 1. The fraction of sp³-hybridized carbons (Fsp3) is 0.222. The van der Waals surface area contributed by atoms with Crippen molar-refractivity contribution in [2.24, 2.45) is 0 Å². The van der Waals surface area contributed by atoms with E-state index in [0.717, 1.165) is 0 Å². The highest BCUT2D eigenvalue weighted by Crippen LogP contribution is 2.29. The average molecular weight is 230 g/mol. The Bertz CT molecular complexity index is 393. The molecule has 0 aromatic heterocycles. The highest BCUT2D eigenvalue weighted by molar-refractivity contribution is 6.19. The summed E-state index contributed by atoms with van der Waals surface area (Å²) in [6.45, 7) is 1.21. The van der Waals surface area contributed by atoms with Crippen molar-refractivity contribution in [3.8, 4) is 5.75 Å². The predicted molar refractivity (Wildman–Crippen MR) is 53.3 cm³/mol. The molecule has 0 N–H and O–H groups in total. The quantitative estimate of drug-likeness (QED) is 0.199. The van der Waals surface area contributed by atoms with E-state index >= 15 is 0 Å². The van der Waals surface area contributed by atoms with Crippen LogP contribution in [0.1, 0.15) is 18.0 Å². The maximum atomic E-state index is 10.7. The lowest BCUT2D eigenvalue weighted by Crippen LogP contribution is -2.08. The summed E-state index contributed by atoms with van der Waals surface area (Å²) in [5.41, 5.74) is -1.25. The SMILES string of the molecule is CC(=O)Oc1ccccc1C(Cl)[N+](=O)[O-]. The number of nitro groups is 1. The molecular formula is C9H8ClNO4. The molecule has 1 atom stereocenters. The van der Waals surface area contributed by atoms with Crippen molar-refractivity contribution in [1.82, 2.24) is 0 Å². The van der Waals surface area contributed by atoms with Crippen LogP contribution < -0.4 is 4.74 Å². The summed E-state index contributed by atoms with van der Waals surface area (Å²) in [7, 11) is 0. The van der Waals surface area contributed by atoms with Gasteiger partial charge in [0.05, 0.1) is 5.56 Å². The van der Waals surface area contributed by atoms with E-state index in [-0.39, 0.29) is 11.3 Å². The van der Waals surface area contributed by atoms with Gasteiger partial charge in [0.1, 0.15) is 5.75 Å². The second-order valence-corrected chi connectivity index (χ2v) is 3.17. The van der Waals surface area contributed by atoms with Crippen LogP contribution in [0.25, 0.3) is 0 Å². The molecule has 0 aliphatic heterocycles. The Balaban J connectivity index is 3.05. The van der Waals surface area contributed by atoms with Crippen molar-refractivity contribution in [3.63, 3.8) is 0 Å². The molecule has 0 spiro atoms. The van der Waals surface area contributed by atoms with E-state index in [9.17, 15) is 14.9 Å². The summed E-state index contributed by atoms with van der Waals surface area (Å²) in [4.78, 5) is 20.5. The standard InChI is InChI=1S/C9H8ClNO4/c1-6(12)15-8-5-3-2-4-7(8)9(10)11(13)14/h2-5,9H,1H3. The van der Waals surface area contributed by atoms with Crippen LogP contribution in [0.3, 0.4) is 0 Å². The second kappa shape index (κ2) is 4.75. The third-order valence-corrected chi connectivity index (χ3v) is 2.01. The van der Waals surface area contributed by atoms with Crippen LogP contribution in [-0.2, 0) is 4.79 Å². The van der Waals surface area contributed by atoms with E-state index in [2.05, 4.69) is 0 Å². The molecule has 5 nitrogen and oxygen atoms in total. The molecule has 0 radical (unpaired) electrons. The van der Waals surface area contributed by atoms with Gasteiger partial charge < -0.3 is 4.74 Å². The lowest BCUT2D eigenvalue weighted by Gasteiger charge is -2.07. The first-order chi connectivity index (χ1) is 7.02. The van der Waals surface area contributed by atoms with E-state index in [4.69, 9.17) is 16.3 Å². The predicted octanol–water partition coefficient (Wildman–Crippen LogP) is 2.13. The zero-order valence-electron chi connectivity index (χ0n) is 7.84. The number of carbonyl (C=O) groups is 1. The van der Waals surface area contributed by atoms with E-state index in [0.29, 0.717) is 0 Å². The smallest absolute Gasteiger partial charge is 0.315 e. The van der Waals surface area contributed by atoms with Gasteiger partial charge in [-0.3, -0.25) is 14.9 Å². The molecule has 1 unspecified atom stereocenters. The van der Waals surface area contributed by atoms with Gasteiger partial charge in [0.25, 0.3) is 0 Å². The summed E-state index contributed by atoms with van der Waals surface area (Å²) >= 11 is 5.54. The molecule has 1 rings (SSSR count). The Morgan fingerprint density at radius 2 is 2.13 bits per heavy atom. The largest absolute Gasteiger partial charge is 0.426 e. The number of carbonyl (C=O) groups excluding carboxylic acids is 1. The van der Waals surface area contributed by atoms with E-state index in [1.165, 1.54) is 19.1 Å². The van der Waals surface area contributed by atoms with Gasteiger partial charge in [-0.2, -0.15) is 0 Å². The normalized spacial score (nSPS) is 11.9. The first-order valence-corrected chi connectivity index (χ1v) is 4.51. The van der Waals surface area contributed by atoms with Crippen LogP contribution in [0.2, 0.25) is 0 Å². The van der Waals surface area contributed by atoms with Gasteiger partial charge in [0, 0.05) is 11.8 Å². The Kier molecular flexibility index (Phi) is 3.62. The van der Waals surface area contributed by atoms with Gasteiger partial charge in [0.15, 0.2) is 0 Å². The molecule has 1 aromatic carbocycles. The number of hydrogen-bond donors (Lipinski definition) is 0. The zero-order chi connectivity index (χ0) is 11.4. The van der Waals surface area contributed by atoms with Crippen LogP contribution in [0.4, 0.5) is 0 Å². The van der Waals surface area contributed by atoms with Crippen LogP contribution >= 0.6 is 11.6 Å². The van der Waals surface area contributed by atoms with Gasteiger partial charge >= 0.3 is 11.5 Å². The first-order valence-electron chi connectivity index (χ1n) is 4.07. The minimum Gasteiger partial charge on any atom is -0.426 e. The number of rotatable bonds is 3. The lowest BCUT2D eigenvalue weighted by molar-refractivity contribution is -0.503. The molecule has 80 valence electrons. The van der Waals surface area contributed by atoms with E-state index in [1.807, 2.05) is 0 Å². The maximum Gasteiger partial charge on any atom is 0.315 e. The fourth-order valence-corrected chi connectivity index (χ4v) is 1.22. The summed E-state index contributed by atoms with van der Waals surface area (Å²) in [5.74, 6) is -0.434. The van der Waals surface area contributed by atoms with Crippen LogP contribution in [0, 0.1) is 10.1 Å². The number of nitrogens with zero attached hydrogens (tertiary/aromatic N) is 1. The molecule has 0 aliphatic rings. The Morgan fingerprint density at radius 1 is 1.53 bits per heavy atom. The molecule has 0 fully saturated rings. The zero-order valence-corrected chi connectivity index (χ0v) is 8.60. The van der Waals surface area contributed by atoms with Gasteiger partial charge in [-0.15, -0.1) is 0 Å². The highest BCUT2D eigenvalue weighted by atomic mass is 35.5. The first kappa shape index (κ1) is 11.5.